The Balaban J connectivity index is 0.00000220. The van der Waals surface area contributed by atoms with Crippen LogP contribution in [0.2, 0.25) is 0 Å². The van der Waals surface area contributed by atoms with Crippen molar-refractivity contribution in [1.82, 2.24) is 15.1 Å². The maximum absolute atomic E-state index is 11.3. The van der Waals surface area contributed by atoms with Crippen molar-refractivity contribution in [3.8, 4) is 0 Å². The lowest BCUT2D eigenvalue weighted by atomic mass is 10.3. The summed E-state index contributed by atoms with van der Waals surface area (Å²) in [6.07, 6.45) is 0. The van der Waals surface area contributed by atoms with Crippen LogP contribution < -0.4 is 5.32 Å². The van der Waals surface area contributed by atoms with Crippen molar-refractivity contribution in [1.29, 1.82) is 0 Å². The van der Waals surface area contributed by atoms with Crippen LogP contribution >= 0.6 is 51.2 Å². The molecule has 0 atom stereocenters. The highest BCUT2D eigenvalue weighted by Crippen LogP contribution is 2.21. The molecule has 1 saturated heterocycles. The van der Waals surface area contributed by atoms with E-state index in [9.17, 15) is 4.79 Å². The monoisotopic (exact) mass is 486 g/mol. The molecular formula is C13H20BrIN4OS. The van der Waals surface area contributed by atoms with Crippen LogP contribution in [0.3, 0.4) is 0 Å². The zero-order chi connectivity index (χ0) is 14.5. The van der Waals surface area contributed by atoms with E-state index in [2.05, 4.69) is 43.3 Å². The average Bonchev–Trinajstić information content (AvgIpc) is 2.86. The number of thiophene rings is 1. The van der Waals surface area contributed by atoms with Gasteiger partial charge in [0.25, 0.3) is 0 Å². The molecule has 0 radical (unpaired) electrons. The molecule has 1 N–H and O–H groups in total. The fourth-order valence-corrected chi connectivity index (χ4v) is 3.60. The molecule has 0 aliphatic carbocycles. The molecule has 21 heavy (non-hydrogen) atoms. The van der Waals surface area contributed by atoms with E-state index in [0.717, 1.165) is 42.5 Å². The Labute approximate surface area is 154 Å². The number of halogens is 2. The molecule has 2 heterocycles. The van der Waals surface area contributed by atoms with Crippen LogP contribution in [0.15, 0.2) is 20.9 Å². The van der Waals surface area contributed by atoms with Gasteiger partial charge < -0.3 is 15.1 Å². The Morgan fingerprint density at radius 3 is 2.43 bits per heavy atom. The Hall–Kier alpha value is -0.350. The molecule has 8 heteroatoms. The number of aliphatic imine (C=N–C) groups is 1. The van der Waals surface area contributed by atoms with Gasteiger partial charge in [-0.3, -0.25) is 9.79 Å². The first kappa shape index (κ1) is 18.7. The highest BCUT2D eigenvalue weighted by atomic mass is 127. The predicted molar refractivity (Wildman–Crippen MR) is 101 cm³/mol. The summed E-state index contributed by atoms with van der Waals surface area (Å²) < 4.78 is 1.14. The summed E-state index contributed by atoms with van der Waals surface area (Å²) in [5.41, 5.74) is 0. The third-order valence-electron chi connectivity index (χ3n) is 3.29. The van der Waals surface area contributed by atoms with Crippen LogP contribution in [-0.2, 0) is 11.3 Å². The Kier molecular flexibility index (Phi) is 7.96. The van der Waals surface area contributed by atoms with Crippen molar-refractivity contribution >= 4 is 63.1 Å². The topological polar surface area (TPSA) is 47.9 Å². The van der Waals surface area contributed by atoms with Gasteiger partial charge in [0.15, 0.2) is 5.96 Å². The number of piperazine rings is 1. The van der Waals surface area contributed by atoms with Gasteiger partial charge in [0.05, 0.1) is 10.3 Å². The molecule has 0 aromatic carbocycles. The van der Waals surface area contributed by atoms with Gasteiger partial charge in [0, 0.05) is 45.0 Å². The standard InChI is InChI=1S/C13H19BrN4OS.HI/c1-10(19)17-5-7-18(8-6-17)13(15-2)16-9-11-3-4-12(14)20-11;/h3-4H,5-9H2,1-2H3,(H,15,16);1H. The van der Waals surface area contributed by atoms with Crippen LogP contribution in [0.25, 0.3) is 0 Å². The minimum atomic E-state index is 0. The van der Waals surface area contributed by atoms with Crippen LogP contribution in [-0.4, -0.2) is 54.9 Å². The summed E-state index contributed by atoms with van der Waals surface area (Å²) in [5.74, 6) is 1.05. The van der Waals surface area contributed by atoms with Crippen LogP contribution in [0, 0.1) is 0 Å². The fourth-order valence-electron chi connectivity index (χ4n) is 2.18. The van der Waals surface area contributed by atoms with E-state index >= 15 is 0 Å². The smallest absolute Gasteiger partial charge is 0.219 e. The number of nitrogens with one attached hydrogen (secondary N) is 1. The Bertz CT molecular complexity index is 500. The van der Waals surface area contributed by atoms with Gasteiger partial charge in [-0.05, 0) is 28.1 Å². The average molecular weight is 487 g/mol. The number of nitrogens with zero attached hydrogens (tertiary/aromatic N) is 3. The second-order valence-electron chi connectivity index (χ2n) is 4.60. The molecule has 0 spiro atoms. The summed E-state index contributed by atoms with van der Waals surface area (Å²) in [4.78, 5) is 21.0. The summed E-state index contributed by atoms with van der Waals surface area (Å²) in [6, 6.07) is 4.15. The molecule has 1 aromatic rings. The van der Waals surface area contributed by atoms with Gasteiger partial charge in [-0.2, -0.15) is 0 Å². The summed E-state index contributed by atoms with van der Waals surface area (Å²) in [5, 5.41) is 3.37. The van der Waals surface area contributed by atoms with E-state index in [1.165, 1.54) is 4.88 Å². The van der Waals surface area contributed by atoms with Gasteiger partial charge in [-0.15, -0.1) is 35.3 Å². The maximum Gasteiger partial charge on any atom is 0.219 e. The predicted octanol–water partition coefficient (Wildman–Crippen LogP) is 2.37. The van der Waals surface area contributed by atoms with Gasteiger partial charge in [0.2, 0.25) is 5.91 Å². The number of hydrogen-bond donors (Lipinski definition) is 1. The molecule has 1 amide bonds. The minimum Gasteiger partial charge on any atom is -0.351 e. The van der Waals surface area contributed by atoms with Crippen molar-refractivity contribution in [2.75, 3.05) is 33.2 Å². The third-order valence-corrected chi connectivity index (χ3v) is 4.91. The molecule has 1 aromatic heterocycles. The zero-order valence-electron chi connectivity index (χ0n) is 12.1. The molecule has 0 bridgehead atoms. The second kappa shape index (κ2) is 8.94. The number of carbonyl (C=O) groups excluding carboxylic acids is 1. The lowest BCUT2D eigenvalue weighted by Crippen LogP contribution is -2.53. The lowest BCUT2D eigenvalue weighted by molar-refractivity contribution is -0.130. The fraction of sp³-hybridized carbons (Fsp3) is 0.538. The van der Waals surface area contributed by atoms with E-state index in [1.807, 2.05) is 4.90 Å². The quantitative estimate of drug-likeness (QED) is 0.396. The van der Waals surface area contributed by atoms with Gasteiger partial charge in [-0.25, -0.2) is 0 Å². The minimum absolute atomic E-state index is 0. The molecule has 1 aliphatic heterocycles. The first-order chi connectivity index (χ1) is 9.60. The zero-order valence-corrected chi connectivity index (χ0v) is 16.9. The van der Waals surface area contributed by atoms with Crippen molar-refractivity contribution in [3.05, 3.63) is 20.8 Å². The molecule has 1 aliphatic rings. The number of hydrogen-bond acceptors (Lipinski definition) is 3. The Morgan fingerprint density at radius 1 is 1.33 bits per heavy atom. The summed E-state index contributed by atoms with van der Waals surface area (Å²) in [6.45, 7) is 5.58. The number of amides is 1. The van der Waals surface area contributed by atoms with E-state index in [4.69, 9.17) is 0 Å². The van der Waals surface area contributed by atoms with Crippen molar-refractivity contribution < 1.29 is 4.79 Å². The summed E-state index contributed by atoms with van der Waals surface area (Å²) in [7, 11) is 1.80. The van der Waals surface area contributed by atoms with Gasteiger partial charge in [-0.1, -0.05) is 0 Å². The largest absolute Gasteiger partial charge is 0.351 e. The van der Waals surface area contributed by atoms with Crippen molar-refractivity contribution in [2.24, 2.45) is 4.99 Å². The molecule has 5 nitrogen and oxygen atoms in total. The normalized spacial score (nSPS) is 15.7. The molecule has 0 unspecified atom stereocenters. The van der Waals surface area contributed by atoms with Crippen LogP contribution in [0.4, 0.5) is 0 Å². The highest BCUT2D eigenvalue weighted by Gasteiger charge is 2.20. The Morgan fingerprint density at radius 2 is 1.95 bits per heavy atom. The van der Waals surface area contributed by atoms with E-state index in [-0.39, 0.29) is 29.9 Å². The molecule has 2 rings (SSSR count). The van der Waals surface area contributed by atoms with E-state index in [1.54, 1.807) is 25.3 Å². The van der Waals surface area contributed by atoms with Gasteiger partial charge >= 0.3 is 0 Å². The van der Waals surface area contributed by atoms with Crippen LogP contribution in [0.1, 0.15) is 11.8 Å². The molecule has 0 saturated carbocycles. The highest BCUT2D eigenvalue weighted by molar-refractivity contribution is 14.0. The van der Waals surface area contributed by atoms with Crippen molar-refractivity contribution in [3.63, 3.8) is 0 Å². The van der Waals surface area contributed by atoms with Crippen LogP contribution in [0.5, 0.6) is 0 Å². The number of carbonyl (C=O) groups is 1. The second-order valence-corrected chi connectivity index (χ2v) is 7.15. The molecule has 1 fully saturated rings. The van der Waals surface area contributed by atoms with E-state index in [0.29, 0.717) is 0 Å². The first-order valence-corrected chi connectivity index (χ1v) is 8.16. The maximum atomic E-state index is 11.3. The molecular weight excluding hydrogens is 467 g/mol. The van der Waals surface area contributed by atoms with Crippen molar-refractivity contribution in [2.45, 2.75) is 13.5 Å². The lowest BCUT2D eigenvalue weighted by Gasteiger charge is -2.36. The summed E-state index contributed by atoms with van der Waals surface area (Å²) >= 11 is 5.18. The number of guanidine groups is 1. The molecule has 118 valence electrons. The number of rotatable bonds is 2. The van der Waals surface area contributed by atoms with Gasteiger partial charge in [0.1, 0.15) is 0 Å². The first-order valence-electron chi connectivity index (χ1n) is 6.55. The van der Waals surface area contributed by atoms with E-state index < -0.39 is 0 Å². The third kappa shape index (κ3) is 5.41. The SMILES string of the molecule is CN=C(NCc1ccc(Br)s1)N1CCN(C(C)=O)CC1.I.